The van der Waals surface area contributed by atoms with Crippen molar-refractivity contribution in [3.05, 3.63) is 34.9 Å². The Bertz CT molecular complexity index is 379. The first-order chi connectivity index (χ1) is 7.09. The number of ether oxygens (including phenoxy) is 1. The van der Waals surface area contributed by atoms with Gasteiger partial charge in [0.25, 0.3) is 5.91 Å². The minimum Gasteiger partial charge on any atom is -0.445 e. The summed E-state index contributed by atoms with van der Waals surface area (Å²) in [5.74, 6) is -0.778. The lowest BCUT2D eigenvalue weighted by Crippen LogP contribution is -2.27. The van der Waals surface area contributed by atoms with Gasteiger partial charge >= 0.3 is 5.97 Å². The van der Waals surface area contributed by atoms with Gasteiger partial charge in [-0.25, -0.2) is 0 Å². The van der Waals surface area contributed by atoms with Crippen LogP contribution < -0.4 is 5.32 Å². The number of halogens is 1. The van der Waals surface area contributed by atoms with E-state index in [0.29, 0.717) is 10.6 Å². The average Bonchev–Trinajstić information content (AvgIpc) is 2.17. The largest absolute Gasteiger partial charge is 0.445 e. The second-order valence-corrected chi connectivity index (χ2v) is 3.23. The number of hydrogen-bond acceptors (Lipinski definition) is 3. The Balaban J connectivity index is 2.50. The fourth-order valence-corrected chi connectivity index (χ4v) is 1.13. The zero-order chi connectivity index (χ0) is 11.3. The van der Waals surface area contributed by atoms with Crippen molar-refractivity contribution in [3.63, 3.8) is 0 Å². The minimum absolute atomic E-state index is 0.138. The van der Waals surface area contributed by atoms with Gasteiger partial charge in [-0.1, -0.05) is 17.7 Å². The molecule has 5 heteroatoms. The van der Waals surface area contributed by atoms with Crippen molar-refractivity contribution in [2.75, 3.05) is 6.73 Å². The van der Waals surface area contributed by atoms with Crippen LogP contribution in [0.15, 0.2) is 24.3 Å². The zero-order valence-corrected chi connectivity index (χ0v) is 8.88. The van der Waals surface area contributed by atoms with E-state index in [-0.39, 0.29) is 12.6 Å². The third kappa shape index (κ3) is 3.99. The first kappa shape index (κ1) is 11.5. The molecule has 0 fully saturated rings. The maximum Gasteiger partial charge on any atom is 0.304 e. The average molecular weight is 228 g/mol. The number of carbonyl (C=O) groups excluding carboxylic acids is 2. The summed E-state index contributed by atoms with van der Waals surface area (Å²) in [4.78, 5) is 21.8. The summed E-state index contributed by atoms with van der Waals surface area (Å²) in [5, 5.41) is 2.90. The molecule has 0 aromatic heterocycles. The van der Waals surface area contributed by atoms with Gasteiger partial charge in [-0.05, 0) is 18.2 Å². The molecule has 1 N–H and O–H groups in total. The van der Waals surface area contributed by atoms with Crippen LogP contribution in [0.2, 0.25) is 5.02 Å². The van der Waals surface area contributed by atoms with Crippen LogP contribution in [0.5, 0.6) is 0 Å². The number of amides is 1. The van der Waals surface area contributed by atoms with Crippen LogP contribution in [0, 0.1) is 0 Å². The van der Waals surface area contributed by atoms with E-state index in [1.165, 1.54) is 13.0 Å². The Morgan fingerprint density at radius 3 is 2.80 bits per heavy atom. The molecule has 0 aliphatic rings. The predicted octanol–water partition coefficient (Wildman–Crippen LogP) is 1.59. The van der Waals surface area contributed by atoms with Gasteiger partial charge in [0, 0.05) is 17.5 Å². The molecule has 15 heavy (non-hydrogen) atoms. The molecule has 1 aromatic rings. The van der Waals surface area contributed by atoms with E-state index in [2.05, 4.69) is 10.1 Å². The molecule has 0 bridgehead atoms. The van der Waals surface area contributed by atoms with Gasteiger partial charge in [-0.15, -0.1) is 0 Å². The molecule has 0 saturated carbocycles. The third-order valence-corrected chi connectivity index (χ3v) is 1.83. The van der Waals surface area contributed by atoms with Crippen molar-refractivity contribution in [1.29, 1.82) is 0 Å². The molecule has 0 saturated heterocycles. The second kappa shape index (κ2) is 5.36. The fourth-order valence-electron chi connectivity index (χ4n) is 0.935. The van der Waals surface area contributed by atoms with Crippen LogP contribution in [0.1, 0.15) is 17.3 Å². The lowest BCUT2D eigenvalue weighted by molar-refractivity contribution is -0.141. The number of carbonyl (C=O) groups is 2. The summed E-state index contributed by atoms with van der Waals surface area (Å²) >= 11 is 5.71. The van der Waals surface area contributed by atoms with E-state index in [1.54, 1.807) is 18.2 Å². The summed E-state index contributed by atoms with van der Waals surface area (Å²) in [5.41, 5.74) is 0.426. The SMILES string of the molecule is CC(=O)OCNC(=O)c1cccc(Cl)c1. The number of rotatable bonds is 3. The molecule has 0 spiro atoms. The summed E-state index contributed by atoms with van der Waals surface area (Å²) in [6.45, 7) is 1.13. The van der Waals surface area contributed by atoms with Crippen LogP contribution in [-0.4, -0.2) is 18.6 Å². The van der Waals surface area contributed by atoms with E-state index in [1.807, 2.05) is 0 Å². The van der Waals surface area contributed by atoms with Crippen LogP contribution in [-0.2, 0) is 9.53 Å². The van der Waals surface area contributed by atoms with E-state index in [4.69, 9.17) is 11.6 Å². The van der Waals surface area contributed by atoms with Gasteiger partial charge in [-0.2, -0.15) is 0 Å². The van der Waals surface area contributed by atoms with Gasteiger partial charge in [0.1, 0.15) is 0 Å². The summed E-state index contributed by atoms with van der Waals surface area (Å²) < 4.78 is 4.56. The highest BCUT2D eigenvalue weighted by molar-refractivity contribution is 6.30. The lowest BCUT2D eigenvalue weighted by atomic mass is 10.2. The highest BCUT2D eigenvalue weighted by Crippen LogP contribution is 2.10. The highest BCUT2D eigenvalue weighted by atomic mass is 35.5. The Hall–Kier alpha value is -1.55. The molecule has 1 aromatic carbocycles. The summed E-state index contributed by atoms with van der Waals surface area (Å²) in [6, 6.07) is 6.49. The molecule has 4 nitrogen and oxygen atoms in total. The standard InChI is InChI=1S/C10H10ClNO3/c1-7(13)15-6-12-10(14)8-3-2-4-9(11)5-8/h2-5H,6H2,1H3,(H,12,14). The predicted molar refractivity (Wildman–Crippen MR) is 55.6 cm³/mol. The molecule has 0 unspecified atom stereocenters. The lowest BCUT2D eigenvalue weighted by Gasteiger charge is -2.05. The second-order valence-electron chi connectivity index (χ2n) is 2.80. The van der Waals surface area contributed by atoms with E-state index in [0.717, 1.165) is 0 Å². The number of esters is 1. The fraction of sp³-hybridized carbons (Fsp3) is 0.200. The maximum atomic E-state index is 11.4. The van der Waals surface area contributed by atoms with Crippen LogP contribution in [0.3, 0.4) is 0 Å². The van der Waals surface area contributed by atoms with Gasteiger partial charge in [0.15, 0.2) is 6.73 Å². The summed E-state index contributed by atoms with van der Waals surface area (Å²) in [7, 11) is 0. The molecule has 0 aliphatic heterocycles. The Labute approximate surface area is 92.2 Å². The van der Waals surface area contributed by atoms with Crippen molar-refractivity contribution in [2.45, 2.75) is 6.92 Å². The Morgan fingerprint density at radius 1 is 1.47 bits per heavy atom. The number of benzene rings is 1. The molecular weight excluding hydrogens is 218 g/mol. The molecule has 0 atom stereocenters. The quantitative estimate of drug-likeness (QED) is 0.630. The first-order valence-corrected chi connectivity index (χ1v) is 4.64. The van der Waals surface area contributed by atoms with Crippen molar-refractivity contribution in [1.82, 2.24) is 5.32 Å². The smallest absolute Gasteiger partial charge is 0.304 e. The Morgan fingerprint density at radius 2 is 2.20 bits per heavy atom. The molecule has 80 valence electrons. The Kier molecular flexibility index (Phi) is 4.12. The highest BCUT2D eigenvalue weighted by Gasteiger charge is 2.05. The van der Waals surface area contributed by atoms with Crippen molar-refractivity contribution in [3.8, 4) is 0 Å². The van der Waals surface area contributed by atoms with Gasteiger partial charge in [-0.3, -0.25) is 9.59 Å². The number of nitrogens with one attached hydrogen (secondary N) is 1. The molecule has 1 amide bonds. The minimum atomic E-state index is -0.443. The zero-order valence-electron chi connectivity index (χ0n) is 8.12. The third-order valence-electron chi connectivity index (χ3n) is 1.59. The molecular formula is C10H10ClNO3. The molecule has 0 heterocycles. The van der Waals surface area contributed by atoms with Crippen LogP contribution >= 0.6 is 11.6 Å². The first-order valence-electron chi connectivity index (χ1n) is 4.26. The molecule has 1 rings (SSSR count). The van der Waals surface area contributed by atoms with Crippen molar-refractivity contribution >= 4 is 23.5 Å². The van der Waals surface area contributed by atoms with E-state index in [9.17, 15) is 9.59 Å². The normalized spacial score (nSPS) is 9.47. The topological polar surface area (TPSA) is 55.4 Å². The van der Waals surface area contributed by atoms with E-state index >= 15 is 0 Å². The van der Waals surface area contributed by atoms with Crippen molar-refractivity contribution in [2.24, 2.45) is 0 Å². The number of hydrogen-bond donors (Lipinski definition) is 1. The van der Waals surface area contributed by atoms with Crippen molar-refractivity contribution < 1.29 is 14.3 Å². The maximum absolute atomic E-state index is 11.4. The van der Waals surface area contributed by atoms with Crippen LogP contribution in [0.25, 0.3) is 0 Å². The monoisotopic (exact) mass is 227 g/mol. The van der Waals surface area contributed by atoms with Crippen LogP contribution in [0.4, 0.5) is 0 Å². The van der Waals surface area contributed by atoms with Gasteiger partial charge < -0.3 is 10.1 Å². The van der Waals surface area contributed by atoms with E-state index < -0.39 is 5.97 Å². The summed E-state index contributed by atoms with van der Waals surface area (Å²) in [6.07, 6.45) is 0. The van der Waals surface area contributed by atoms with Gasteiger partial charge in [0.2, 0.25) is 0 Å². The van der Waals surface area contributed by atoms with Gasteiger partial charge in [0.05, 0.1) is 0 Å². The molecule has 0 aliphatic carbocycles. The molecule has 0 radical (unpaired) electrons.